The molecule has 0 unspecified atom stereocenters. The van der Waals surface area contributed by atoms with Gasteiger partial charge in [0.1, 0.15) is 5.69 Å². The third-order valence-corrected chi connectivity index (χ3v) is 2.14. The van der Waals surface area contributed by atoms with Gasteiger partial charge in [0.15, 0.2) is 0 Å². The summed E-state index contributed by atoms with van der Waals surface area (Å²) in [6.45, 7) is -0.471. The molecule has 10 heteroatoms. The van der Waals surface area contributed by atoms with Crippen molar-refractivity contribution in [2.45, 2.75) is 19.3 Å². The van der Waals surface area contributed by atoms with Gasteiger partial charge >= 0.3 is 12.3 Å². The molecule has 1 heterocycles. The van der Waals surface area contributed by atoms with Crippen LogP contribution in [-0.2, 0) is 11.3 Å². The number of hydrogen-bond acceptors (Lipinski definition) is 5. The van der Waals surface area contributed by atoms with E-state index in [1.807, 2.05) is 0 Å². The second-order valence-electron chi connectivity index (χ2n) is 3.42. The van der Waals surface area contributed by atoms with Gasteiger partial charge in [-0.25, -0.2) is 18.6 Å². The Labute approximate surface area is 109 Å². The highest BCUT2D eigenvalue weighted by molar-refractivity contribution is 5.92. The lowest BCUT2D eigenvalue weighted by molar-refractivity contribution is -0.276. The van der Waals surface area contributed by atoms with Crippen LogP contribution in [0.15, 0.2) is 6.07 Å². The van der Waals surface area contributed by atoms with Gasteiger partial charge in [-0.05, 0) is 5.56 Å². The SMILES string of the molecule is COC(=O)c1c(CN)cc(OC(F)(F)F)nc1C(F)F. The van der Waals surface area contributed by atoms with Crippen LogP contribution < -0.4 is 10.5 Å². The summed E-state index contributed by atoms with van der Waals surface area (Å²) >= 11 is 0. The van der Waals surface area contributed by atoms with Crippen LogP contribution in [0, 0.1) is 0 Å². The van der Waals surface area contributed by atoms with Crippen molar-refractivity contribution in [2.75, 3.05) is 7.11 Å². The number of hydrogen-bond donors (Lipinski definition) is 1. The molecule has 5 nitrogen and oxygen atoms in total. The van der Waals surface area contributed by atoms with Crippen molar-refractivity contribution in [3.8, 4) is 5.88 Å². The summed E-state index contributed by atoms with van der Waals surface area (Å²) in [6, 6.07) is 0.658. The number of carbonyl (C=O) groups is 1. The molecule has 20 heavy (non-hydrogen) atoms. The maximum atomic E-state index is 12.8. The number of methoxy groups -OCH3 is 1. The predicted molar refractivity (Wildman–Crippen MR) is 55.1 cm³/mol. The minimum absolute atomic E-state index is 0.290. The van der Waals surface area contributed by atoms with Crippen LogP contribution in [0.1, 0.15) is 28.0 Å². The van der Waals surface area contributed by atoms with Gasteiger partial charge in [0.2, 0.25) is 5.88 Å². The Balaban J connectivity index is 3.42. The third-order valence-electron chi connectivity index (χ3n) is 2.14. The molecule has 2 N–H and O–H groups in total. The van der Waals surface area contributed by atoms with Crippen molar-refractivity contribution >= 4 is 5.97 Å². The van der Waals surface area contributed by atoms with Crippen molar-refractivity contribution in [3.63, 3.8) is 0 Å². The second kappa shape index (κ2) is 5.99. The predicted octanol–water partition coefficient (Wildman–Crippen LogP) is 2.16. The molecule has 0 amide bonds. The number of alkyl halides is 5. The minimum Gasteiger partial charge on any atom is -0.465 e. The van der Waals surface area contributed by atoms with Crippen molar-refractivity contribution < 1.29 is 36.2 Å². The van der Waals surface area contributed by atoms with Gasteiger partial charge < -0.3 is 15.2 Å². The molecule has 0 aromatic carbocycles. The van der Waals surface area contributed by atoms with E-state index in [1.165, 1.54) is 0 Å². The van der Waals surface area contributed by atoms with Crippen molar-refractivity contribution in [1.82, 2.24) is 4.98 Å². The monoisotopic (exact) mass is 300 g/mol. The first-order valence-corrected chi connectivity index (χ1v) is 5.05. The molecule has 0 aliphatic heterocycles. The van der Waals surface area contributed by atoms with Gasteiger partial charge in [0, 0.05) is 12.6 Å². The number of pyridine rings is 1. The molecule has 1 rings (SSSR count). The number of ether oxygens (including phenoxy) is 2. The molecule has 0 aliphatic carbocycles. The van der Waals surface area contributed by atoms with Gasteiger partial charge in [-0.2, -0.15) is 0 Å². The fraction of sp³-hybridized carbons (Fsp3) is 0.400. The zero-order valence-corrected chi connectivity index (χ0v) is 10.0. The van der Waals surface area contributed by atoms with E-state index in [-0.39, 0.29) is 5.56 Å². The molecule has 0 aliphatic rings. The van der Waals surface area contributed by atoms with Gasteiger partial charge in [0.05, 0.1) is 12.7 Å². The number of halogens is 5. The van der Waals surface area contributed by atoms with E-state index < -0.39 is 42.4 Å². The first-order valence-electron chi connectivity index (χ1n) is 5.05. The Hall–Kier alpha value is -1.97. The first-order chi connectivity index (χ1) is 9.19. The lowest BCUT2D eigenvalue weighted by Gasteiger charge is -2.14. The van der Waals surface area contributed by atoms with Crippen molar-refractivity contribution in [2.24, 2.45) is 5.73 Å². The van der Waals surface area contributed by atoms with Crippen LogP contribution in [0.4, 0.5) is 22.0 Å². The van der Waals surface area contributed by atoms with E-state index in [2.05, 4.69) is 14.5 Å². The highest BCUT2D eigenvalue weighted by Crippen LogP contribution is 2.30. The van der Waals surface area contributed by atoms with Gasteiger partial charge in [-0.15, -0.1) is 13.2 Å². The van der Waals surface area contributed by atoms with Crippen molar-refractivity contribution in [1.29, 1.82) is 0 Å². The summed E-state index contributed by atoms with van der Waals surface area (Å²) in [7, 11) is 0.929. The summed E-state index contributed by atoms with van der Waals surface area (Å²) in [6.07, 6.45) is -8.41. The van der Waals surface area contributed by atoms with E-state index in [0.717, 1.165) is 7.11 Å². The molecule has 0 saturated carbocycles. The van der Waals surface area contributed by atoms with E-state index in [9.17, 15) is 26.7 Å². The average molecular weight is 300 g/mol. The number of nitrogens with two attached hydrogens (primary N) is 1. The van der Waals surface area contributed by atoms with Crippen LogP contribution in [0.25, 0.3) is 0 Å². The maximum absolute atomic E-state index is 12.8. The molecule has 1 aromatic heterocycles. The molecule has 1 aromatic rings. The highest BCUT2D eigenvalue weighted by Gasteiger charge is 2.34. The van der Waals surface area contributed by atoms with Crippen molar-refractivity contribution in [3.05, 3.63) is 22.9 Å². The third kappa shape index (κ3) is 3.76. The fourth-order valence-corrected chi connectivity index (χ4v) is 1.42. The zero-order valence-electron chi connectivity index (χ0n) is 10.0. The molecule has 0 saturated heterocycles. The second-order valence-corrected chi connectivity index (χ2v) is 3.42. The summed E-state index contributed by atoms with van der Waals surface area (Å²) in [4.78, 5) is 14.4. The largest absolute Gasteiger partial charge is 0.574 e. The van der Waals surface area contributed by atoms with Gasteiger partial charge in [0.25, 0.3) is 6.43 Å². The molecule has 0 radical (unpaired) electrons. The van der Waals surface area contributed by atoms with Crippen LogP contribution >= 0.6 is 0 Å². The smallest absolute Gasteiger partial charge is 0.465 e. The first kappa shape index (κ1) is 16.1. The summed E-state index contributed by atoms with van der Waals surface area (Å²) in [5.41, 5.74) is 3.09. The Bertz CT molecular complexity index is 504. The zero-order chi connectivity index (χ0) is 15.5. The van der Waals surface area contributed by atoms with Crippen LogP contribution in [0.2, 0.25) is 0 Å². The minimum atomic E-state index is -5.11. The Morgan fingerprint density at radius 2 is 2.05 bits per heavy atom. The number of nitrogens with zero attached hydrogens (tertiary/aromatic N) is 1. The normalized spacial score (nSPS) is 11.6. The summed E-state index contributed by atoms with van der Waals surface area (Å²) < 4.78 is 69.5. The maximum Gasteiger partial charge on any atom is 0.574 e. The highest BCUT2D eigenvalue weighted by atomic mass is 19.4. The van der Waals surface area contributed by atoms with E-state index in [0.29, 0.717) is 6.07 Å². The van der Waals surface area contributed by atoms with Crippen LogP contribution in [-0.4, -0.2) is 24.4 Å². The lowest BCUT2D eigenvalue weighted by Crippen LogP contribution is -2.21. The Morgan fingerprint density at radius 1 is 1.45 bits per heavy atom. The van der Waals surface area contributed by atoms with Crippen LogP contribution in [0.3, 0.4) is 0 Å². The standard InChI is InChI=1S/C10H9F5N2O3/c1-19-9(18)6-4(3-16)2-5(20-10(13,14)15)17-7(6)8(11)12/h2,8H,3,16H2,1H3. The molecule has 0 fully saturated rings. The molecular weight excluding hydrogens is 291 g/mol. The van der Waals surface area contributed by atoms with E-state index in [4.69, 9.17) is 5.73 Å². The fourth-order valence-electron chi connectivity index (χ4n) is 1.42. The number of rotatable bonds is 4. The van der Waals surface area contributed by atoms with E-state index >= 15 is 0 Å². The number of aromatic nitrogens is 1. The molecule has 112 valence electrons. The number of esters is 1. The molecular formula is C10H9F5N2O3. The molecule has 0 spiro atoms. The molecule has 0 atom stereocenters. The number of carbonyl (C=O) groups excluding carboxylic acids is 1. The Kier molecular flexibility index (Phi) is 4.82. The van der Waals surface area contributed by atoms with E-state index in [1.54, 1.807) is 0 Å². The summed E-state index contributed by atoms with van der Waals surface area (Å²) in [5.74, 6) is -2.30. The van der Waals surface area contributed by atoms with Gasteiger partial charge in [-0.1, -0.05) is 0 Å². The quantitative estimate of drug-likeness (QED) is 0.681. The van der Waals surface area contributed by atoms with Crippen LogP contribution in [0.5, 0.6) is 5.88 Å². The lowest BCUT2D eigenvalue weighted by atomic mass is 10.1. The topological polar surface area (TPSA) is 74.4 Å². The molecule has 0 bridgehead atoms. The average Bonchev–Trinajstić information content (AvgIpc) is 2.34. The van der Waals surface area contributed by atoms with Gasteiger partial charge in [-0.3, -0.25) is 0 Å². The Morgan fingerprint density at radius 3 is 2.45 bits per heavy atom. The summed E-state index contributed by atoms with van der Waals surface area (Å²) in [5, 5.41) is 0.